The summed E-state index contributed by atoms with van der Waals surface area (Å²) >= 11 is 3.58. The van der Waals surface area contributed by atoms with Crippen LogP contribution in [0.3, 0.4) is 0 Å². The van der Waals surface area contributed by atoms with Gasteiger partial charge in [0.05, 0.1) is 12.9 Å². The largest absolute Gasteiger partial charge is 0.501 e. The van der Waals surface area contributed by atoms with Crippen LogP contribution >= 0.6 is 15.9 Å². The van der Waals surface area contributed by atoms with Crippen LogP contribution in [0.15, 0.2) is 21.9 Å². The first-order valence-electron chi connectivity index (χ1n) is 8.70. The molecule has 0 aliphatic heterocycles. The highest BCUT2D eigenvalue weighted by atomic mass is 79.9. The van der Waals surface area contributed by atoms with Crippen molar-refractivity contribution in [3.8, 4) is 0 Å². The Labute approximate surface area is 144 Å². The van der Waals surface area contributed by atoms with E-state index in [0.29, 0.717) is 5.54 Å². The number of hydrogen-bond acceptors (Lipinski definition) is 2. The highest BCUT2D eigenvalue weighted by molar-refractivity contribution is 9.11. The molecule has 0 unspecified atom stereocenters. The van der Waals surface area contributed by atoms with Crippen LogP contribution in [0, 0.1) is 17.8 Å². The molecule has 0 saturated heterocycles. The van der Waals surface area contributed by atoms with E-state index in [9.17, 15) is 0 Å². The normalized spacial score (nSPS) is 38.5. The van der Waals surface area contributed by atoms with Gasteiger partial charge in [0.1, 0.15) is 0 Å². The SMILES string of the molecule is CO/C(C)=C(/C=C(\C)Br)CN(C)C12CC3CC(CC(C3)C1)C2. The minimum atomic E-state index is 0.460. The van der Waals surface area contributed by atoms with Crippen LogP contribution in [0.2, 0.25) is 0 Å². The van der Waals surface area contributed by atoms with Gasteiger partial charge >= 0.3 is 0 Å². The van der Waals surface area contributed by atoms with Gasteiger partial charge < -0.3 is 4.74 Å². The van der Waals surface area contributed by atoms with Gasteiger partial charge in [-0.3, -0.25) is 4.90 Å². The zero-order chi connectivity index (χ0) is 15.9. The lowest BCUT2D eigenvalue weighted by Crippen LogP contribution is -2.59. The molecule has 124 valence electrons. The van der Waals surface area contributed by atoms with E-state index in [1.54, 1.807) is 7.11 Å². The van der Waals surface area contributed by atoms with Crippen molar-refractivity contribution in [2.75, 3.05) is 20.7 Å². The fourth-order valence-corrected chi connectivity index (χ4v) is 5.86. The molecular formula is C19H30BrNO. The van der Waals surface area contributed by atoms with Crippen LogP contribution in [-0.4, -0.2) is 31.1 Å². The van der Waals surface area contributed by atoms with Crippen molar-refractivity contribution in [1.82, 2.24) is 4.90 Å². The molecule has 4 aliphatic carbocycles. The Morgan fingerprint density at radius 3 is 2.05 bits per heavy atom. The van der Waals surface area contributed by atoms with Gasteiger partial charge in [0, 0.05) is 17.7 Å². The molecule has 0 aromatic carbocycles. The van der Waals surface area contributed by atoms with Crippen molar-refractivity contribution < 1.29 is 4.74 Å². The van der Waals surface area contributed by atoms with Crippen LogP contribution in [0.5, 0.6) is 0 Å². The highest BCUT2D eigenvalue weighted by Gasteiger charge is 2.52. The maximum Gasteiger partial charge on any atom is 0.0969 e. The molecule has 0 atom stereocenters. The molecule has 0 spiro atoms. The number of likely N-dealkylation sites (N-methyl/N-ethyl adjacent to an activating group) is 1. The van der Waals surface area contributed by atoms with Gasteiger partial charge in [0.25, 0.3) is 0 Å². The van der Waals surface area contributed by atoms with Crippen molar-refractivity contribution in [3.63, 3.8) is 0 Å². The molecule has 3 heteroatoms. The van der Waals surface area contributed by atoms with Crippen molar-refractivity contribution in [3.05, 3.63) is 21.9 Å². The minimum absolute atomic E-state index is 0.460. The average Bonchev–Trinajstić information content (AvgIpc) is 2.43. The topological polar surface area (TPSA) is 12.5 Å². The molecule has 0 heterocycles. The minimum Gasteiger partial charge on any atom is -0.501 e. The number of ether oxygens (including phenoxy) is 1. The van der Waals surface area contributed by atoms with E-state index < -0.39 is 0 Å². The van der Waals surface area contributed by atoms with Crippen LogP contribution in [-0.2, 0) is 4.74 Å². The Morgan fingerprint density at radius 2 is 1.64 bits per heavy atom. The van der Waals surface area contributed by atoms with Gasteiger partial charge in [0.15, 0.2) is 0 Å². The fourth-order valence-electron chi connectivity index (χ4n) is 5.59. The first-order chi connectivity index (χ1) is 10.4. The summed E-state index contributed by atoms with van der Waals surface area (Å²) in [5.41, 5.74) is 1.76. The lowest BCUT2D eigenvalue weighted by molar-refractivity contribution is -0.0758. The molecule has 4 bridgehead atoms. The maximum atomic E-state index is 5.52. The van der Waals surface area contributed by atoms with E-state index in [1.807, 2.05) is 0 Å². The number of nitrogens with zero attached hydrogens (tertiary/aromatic N) is 1. The molecule has 22 heavy (non-hydrogen) atoms. The average molecular weight is 368 g/mol. The monoisotopic (exact) mass is 367 g/mol. The third-order valence-electron chi connectivity index (χ3n) is 6.35. The number of halogens is 1. The Balaban J connectivity index is 1.79. The molecular weight excluding hydrogens is 338 g/mol. The van der Waals surface area contributed by atoms with E-state index in [-0.39, 0.29) is 0 Å². The van der Waals surface area contributed by atoms with E-state index in [4.69, 9.17) is 4.74 Å². The van der Waals surface area contributed by atoms with E-state index in [2.05, 4.69) is 47.8 Å². The number of methoxy groups -OCH3 is 1. The zero-order valence-corrected chi connectivity index (χ0v) is 16.1. The van der Waals surface area contributed by atoms with Crippen molar-refractivity contribution in [2.45, 2.75) is 57.9 Å². The molecule has 4 rings (SSSR count). The first kappa shape index (κ1) is 16.6. The van der Waals surface area contributed by atoms with Crippen molar-refractivity contribution in [2.24, 2.45) is 17.8 Å². The summed E-state index contributed by atoms with van der Waals surface area (Å²) in [5, 5.41) is 0. The zero-order valence-electron chi connectivity index (χ0n) is 14.5. The second-order valence-electron chi connectivity index (χ2n) is 8.01. The van der Waals surface area contributed by atoms with Crippen LogP contribution < -0.4 is 0 Å². The molecule has 4 fully saturated rings. The van der Waals surface area contributed by atoms with Gasteiger partial charge in [-0.05, 0) is 87.7 Å². The van der Waals surface area contributed by atoms with E-state index >= 15 is 0 Å². The van der Waals surface area contributed by atoms with Gasteiger partial charge in [0.2, 0.25) is 0 Å². The van der Waals surface area contributed by atoms with Gasteiger partial charge in [-0.2, -0.15) is 0 Å². The van der Waals surface area contributed by atoms with Gasteiger partial charge in [-0.25, -0.2) is 0 Å². The quantitative estimate of drug-likeness (QED) is 0.494. The fraction of sp³-hybridized carbons (Fsp3) is 0.789. The van der Waals surface area contributed by atoms with Crippen molar-refractivity contribution in [1.29, 1.82) is 0 Å². The molecule has 0 N–H and O–H groups in total. The molecule has 0 aromatic heterocycles. The first-order valence-corrected chi connectivity index (χ1v) is 9.50. The summed E-state index contributed by atoms with van der Waals surface area (Å²) in [6.45, 7) is 5.16. The summed E-state index contributed by atoms with van der Waals surface area (Å²) in [4.78, 5) is 2.65. The van der Waals surface area contributed by atoms with E-state index in [1.165, 1.54) is 44.1 Å². The van der Waals surface area contributed by atoms with Crippen LogP contribution in [0.4, 0.5) is 0 Å². The Bertz CT molecular complexity index is 454. The highest BCUT2D eigenvalue weighted by Crippen LogP contribution is 2.57. The summed E-state index contributed by atoms with van der Waals surface area (Å²) < 4.78 is 6.69. The lowest BCUT2D eigenvalue weighted by Gasteiger charge is -2.60. The lowest BCUT2D eigenvalue weighted by atomic mass is 9.52. The van der Waals surface area contributed by atoms with Gasteiger partial charge in [-0.15, -0.1) is 0 Å². The van der Waals surface area contributed by atoms with Crippen LogP contribution in [0.1, 0.15) is 52.4 Å². The Morgan fingerprint density at radius 1 is 1.14 bits per heavy atom. The number of rotatable bonds is 5. The molecule has 0 amide bonds. The standard InChI is InChI=1S/C19H30BrNO/c1-13(20)5-18(14(2)22-4)12-21(3)19-9-15-6-16(10-19)8-17(7-15)11-19/h5,15-17H,6-12H2,1-4H3/b13-5+,18-14-. The number of allylic oxidation sites excluding steroid dienone is 2. The molecule has 0 aromatic rings. The third kappa shape index (κ3) is 3.17. The summed E-state index contributed by atoms with van der Waals surface area (Å²) in [6, 6.07) is 0. The van der Waals surface area contributed by atoms with Gasteiger partial charge in [-0.1, -0.05) is 15.9 Å². The van der Waals surface area contributed by atoms with E-state index in [0.717, 1.165) is 34.5 Å². The predicted octanol–water partition coefficient (Wildman–Crippen LogP) is 5.11. The molecule has 4 aliphatic rings. The summed E-state index contributed by atoms with van der Waals surface area (Å²) in [6.07, 6.45) is 11.0. The third-order valence-corrected chi connectivity index (χ3v) is 6.58. The Hall–Kier alpha value is -0.280. The summed E-state index contributed by atoms with van der Waals surface area (Å²) in [7, 11) is 4.12. The van der Waals surface area contributed by atoms with Crippen LogP contribution in [0.25, 0.3) is 0 Å². The van der Waals surface area contributed by atoms with Crippen molar-refractivity contribution >= 4 is 15.9 Å². The second-order valence-corrected chi connectivity index (χ2v) is 9.27. The maximum absolute atomic E-state index is 5.52. The Kier molecular flexibility index (Phi) is 4.76. The summed E-state index contributed by atoms with van der Waals surface area (Å²) in [5.74, 6) is 4.03. The second kappa shape index (κ2) is 6.32. The predicted molar refractivity (Wildman–Crippen MR) is 95.9 cm³/mol. The molecule has 2 nitrogen and oxygen atoms in total. The molecule has 0 radical (unpaired) electrons. The number of hydrogen-bond donors (Lipinski definition) is 0. The molecule has 4 saturated carbocycles. The smallest absolute Gasteiger partial charge is 0.0969 e.